The molecule has 0 bridgehead atoms. The molecule has 1 aromatic rings. The monoisotopic (exact) mass is 195 g/mol. The molecule has 0 radical (unpaired) electrons. The molecule has 0 saturated carbocycles. The molecule has 1 unspecified atom stereocenters. The highest BCUT2D eigenvalue weighted by Crippen LogP contribution is 2.32. The van der Waals surface area contributed by atoms with Gasteiger partial charge < -0.3 is 5.73 Å². The number of nitrogens with two attached hydrogens (primary N) is 1. The van der Waals surface area contributed by atoms with Gasteiger partial charge in [0.2, 0.25) is 0 Å². The van der Waals surface area contributed by atoms with Crippen LogP contribution < -0.4 is 5.73 Å². The molecule has 1 aromatic carbocycles. The second kappa shape index (κ2) is 4.56. The highest BCUT2D eigenvalue weighted by molar-refractivity contribution is 5.31. The summed E-state index contributed by atoms with van der Waals surface area (Å²) in [7, 11) is 0. The first-order chi connectivity index (χ1) is 6.64. The van der Waals surface area contributed by atoms with Gasteiger partial charge in [-0.2, -0.15) is 0 Å². The molecule has 78 valence electrons. The van der Waals surface area contributed by atoms with E-state index in [2.05, 4.69) is 0 Å². The molecule has 0 aliphatic heterocycles. The summed E-state index contributed by atoms with van der Waals surface area (Å²) in [4.78, 5) is 0. The number of aryl methyl sites for hydroxylation is 1. The smallest absolute Gasteiger partial charge is 0.148 e. The van der Waals surface area contributed by atoms with Crippen LogP contribution >= 0.6 is 0 Å². The van der Waals surface area contributed by atoms with E-state index in [1.807, 2.05) is 38.1 Å². The Morgan fingerprint density at radius 1 is 1.36 bits per heavy atom. The van der Waals surface area contributed by atoms with Crippen molar-refractivity contribution >= 4 is 0 Å². The number of alkyl halides is 1. The van der Waals surface area contributed by atoms with Gasteiger partial charge in [0, 0.05) is 6.54 Å². The highest BCUT2D eigenvalue weighted by atomic mass is 19.1. The molecule has 0 saturated heterocycles. The fourth-order valence-corrected chi connectivity index (χ4v) is 1.82. The van der Waals surface area contributed by atoms with E-state index in [9.17, 15) is 4.39 Å². The highest BCUT2D eigenvalue weighted by Gasteiger charge is 2.30. The third-order valence-electron chi connectivity index (χ3n) is 2.60. The van der Waals surface area contributed by atoms with Gasteiger partial charge in [0.1, 0.15) is 5.67 Å². The Bertz CT molecular complexity index is 298. The first-order valence-corrected chi connectivity index (χ1v) is 5.09. The Morgan fingerprint density at radius 2 is 2.00 bits per heavy atom. The van der Waals surface area contributed by atoms with E-state index in [1.54, 1.807) is 0 Å². The summed E-state index contributed by atoms with van der Waals surface area (Å²) >= 11 is 0. The predicted molar refractivity (Wildman–Crippen MR) is 57.9 cm³/mol. The number of halogens is 1. The summed E-state index contributed by atoms with van der Waals surface area (Å²) in [6.45, 7) is 3.96. The van der Waals surface area contributed by atoms with Gasteiger partial charge in [-0.25, -0.2) is 4.39 Å². The molecular formula is C12H18FN. The first-order valence-electron chi connectivity index (χ1n) is 5.09. The maximum atomic E-state index is 14.4. The number of benzene rings is 1. The lowest BCUT2D eigenvalue weighted by molar-refractivity contribution is 0.158. The number of rotatable bonds is 4. The molecule has 2 heteroatoms. The quantitative estimate of drug-likeness (QED) is 0.785. The lowest BCUT2D eigenvalue weighted by atomic mass is 9.88. The molecular weight excluding hydrogens is 177 g/mol. The Hall–Kier alpha value is -0.890. The van der Waals surface area contributed by atoms with Crippen molar-refractivity contribution in [2.45, 2.75) is 32.4 Å². The minimum atomic E-state index is -1.35. The van der Waals surface area contributed by atoms with E-state index < -0.39 is 5.67 Å². The fraction of sp³-hybridized carbons (Fsp3) is 0.500. The zero-order valence-corrected chi connectivity index (χ0v) is 8.89. The molecule has 14 heavy (non-hydrogen) atoms. The van der Waals surface area contributed by atoms with Crippen LogP contribution in [-0.4, -0.2) is 6.54 Å². The van der Waals surface area contributed by atoms with E-state index in [4.69, 9.17) is 5.73 Å². The van der Waals surface area contributed by atoms with E-state index in [-0.39, 0.29) is 6.54 Å². The van der Waals surface area contributed by atoms with Crippen molar-refractivity contribution in [3.63, 3.8) is 0 Å². The average molecular weight is 195 g/mol. The van der Waals surface area contributed by atoms with Gasteiger partial charge in [-0.05, 0) is 24.5 Å². The summed E-state index contributed by atoms with van der Waals surface area (Å²) in [5.41, 5.74) is 5.89. The molecule has 0 aromatic heterocycles. The Morgan fingerprint density at radius 3 is 2.50 bits per heavy atom. The Kier molecular flexibility index (Phi) is 3.64. The van der Waals surface area contributed by atoms with Crippen LogP contribution in [0, 0.1) is 6.92 Å². The van der Waals surface area contributed by atoms with E-state index in [0.29, 0.717) is 6.42 Å². The van der Waals surface area contributed by atoms with Crippen LogP contribution in [-0.2, 0) is 5.67 Å². The normalized spacial score (nSPS) is 15.1. The zero-order chi connectivity index (χ0) is 10.6. The largest absolute Gasteiger partial charge is 0.327 e. The SMILES string of the molecule is CCCC(F)(CN)c1ccccc1C. The number of hydrogen-bond donors (Lipinski definition) is 1. The standard InChI is InChI=1S/C12H18FN/c1-3-8-12(13,9-14)11-7-5-4-6-10(11)2/h4-7H,3,8-9,14H2,1-2H3. The summed E-state index contributed by atoms with van der Waals surface area (Å²) in [6, 6.07) is 7.54. The van der Waals surface area contributed by atoms with E-state index in [0.717, 1.165) is 17.5 Å². The zero-order valence-electron chi connectivity index (χ0n) is 8.89. The molecule has 1 rings (SSSR count). The lowest BCUT2D eigenvalue weighted by Crippen LogP contribution is -2.30. The van der Waals surface area contributed by atoms with Crippen molar-refractivity contribution in [3.8, 4) is 0 Å². The predicted octanol–water partition coefficient (Wildman–Crippen LogP) is 2.92. The van der Waals surface area contributed by atoms with Crippen LogP contribution in [0.1, 0.15) is 30.9 Å². The lowest BCUT2D eigenvalue weighted by Gasteiger charge is -2.25. The molecule has 0 spiro atoms. The molecule has 0 aliphatic carbocycles. The van der Waals surface area contributed by atoms with Gasteiger partial charge in [-0.15, -0.1) is 0 Å². The van der Waals surface area contributed by atoms with Crippen molar-refractivity contribution in [1.82, 2.24) is 0 Å². The second-order valence-electron chi connectivity index (χ2n) is 3.73. The molecule has 1 atom stereocenters. The summed E-state index contributed by atoms with van der Waals surface area (Å²) in [5, 5.41) is 0. The molecule has 1 nitrogen and oxygen atoms in total. The van der Waals surface area contributed by atoms with Crippen molar-refractivity contribution in [2.24, 2.45) is 5.73 Å². The minimum absolute atomic E-state index is 0.0612. The van der Waals surface area contributed by atoms with Gasteiger partial charge in [0.15, 0.2) is 0 Å². The van der Waals surface area contributed by atoms with Crippen molar-refractivity contribution < 1.29 is 4.39 Å². The Labute approximate surface area is 85.1 Å². The first kappa shape index (κ1) is 11.2. The van der Waals surface area contributed by atoms with Crippen LogP contribution in [0.2, 0.25) is 0 Å². The molecule has 0 heterocycles. The van der Waals surface area contributed by atoms with Crippen LogP contribution in [0.5, 0.6) is 0 Å². The third-order valence-corrected chi connectivity index (χ3v) is 2.60. The van der Waals surface area contributed by atoms with Crippen LogP contribution in [0.25, 0.3) is 0 Å². The average Bonchev–Trinajstić information content (AvgIpc) is 2.18. The van der Waals surface area contributed by atoms with Crippen molar-refractivity contribution in [3.05, 3.63) is 35.4 Å². The Balaban J connectivity index is 3.05. The topological polar surface area (TPSA) is 26.0 Å². The summed E-state index contributed by atoms with van der Waals surface area (Å²) in [5.74, 6) is 0. The number of hydrogen-bond acceptors (Lipinski definition) is 1. The van der Waals surface area contributed by atoms with Crippen LogP contribution in [0.15, 0.2) is 24.3 Å². The van der Waals surface area contributed by atoms with Gasteiger partial charge in [0.25, 0.3) is 0 Å². The van der Waals surface area contributed by atoms with E-state index in [1.165, 1.54) is 0 Å². The third kappa shape index (κ3) is 2.13. The summed E-state index contributed by atoms with van der Waals surface area (Å²) in [6.07, 6.45) is 1.30. The molecule has 2 N–H and O–H groups in total. The minimum Gasteiger partial charge on any atom is -0.327 e. The van der Waals surface area contributed by atoms with E-state index >= 15 is 0 Å². The van der Waals surface area contributed by atoms with Gasteiger partial charge >= 0.3 is 0 Å². The van der Waals surface area contributed by atoms with Crippen LogP contribution in [0.3, 0.4) is 0 Å². The van der Waals surface area contributed by atoms with Gasteiger partial charge in [-0.1, -0.05) is 37.6 Å². The molecule has 0 fully saturated rings. The molecule has 0 aliphatic rings. The maximum absolute atomic E-state index is 14.4. The fourth-order valence-electron chi connectivity index (χ4n) is 1.82. The maximum Gasteiger partial charge on any atom is 0.148 e. The second-order valence-corrected chi connectivity index (χ2v) is 3.73. The van der Waals surface area contributed by atoms with Gasteiger partial charge in [-0.3, -0.25) is 0 Å². The van der Waals surface area contributed by atoms with Crippen LogP contribution in [0.4, 0.5) is 4.39 Å². The van der Waals surface area contributed by atoms with Gasteiger partial charge in [0.05, 0.1) is 0 Å². The summed E-state index contributed by atoms with van der Waals surface area (Å²) < 4.78 is 14.4. The van der Waals surface area contributed by atoms with Crippen molar-refractivity contribution in [1.29, 1.82) is 0 Å². The molecule has 0 amide bonds. The van der Waals surface area contributed by atoms with Crippen molar-refractivity contribution in [2.75, 3.05) is 6.54 Å².